The number of hydrogen-bond donors (Lipinski definition) is 6. The van der Waals surface area contributed by atoms with E-state index in [9.17, 15) is 28.8 Å². The summed E-state index contributed by atoms with van der Waals surface area (Å²) in [5.74, 6) is 18.3. The molecule has 3 saturated heterocycles. The zero-order valence-corrected chi connectivity index (χ0v) is 62.9. The Hall–Kier alpha value is -13.0. The molecule has 0 radical (unpaired) electrons. The summed E-state index contributed by atoms with van der Waals surface area (Å²) in [6.07, 6.45) is 18.5. The molecule has 552 valence electrons. The molecule has 6 amide bonds. The van der Waals surface area contributed by atoms with Gasteiger partial charge in [0.15, 0.2) is 0 Å². The number of nitrogen functional groups attached to an aromatic ring is 3. The summed E-state index contributed by atoms with van der Waals surface area (Å²) in [6.45, 7) is 8.73. The maximum atomic E-state index is 12.8. The zero-order chi connectivity index (χ0) is 74.0. The van der Waals surface area contributed by atoms with E-state index in [2.05, 4.69) is 76.4 Å². The van der Waals surface area contributed by atoms with Gasteiger partial charge in [0.25, 0.3) is 35.4 Å². The number of carbonyl (C=O) groups excluding carboxylic acids is 6. The molecule has 3 fully saturated rings. The third kappa shape index (κ3) is 16.8. The van der Waals surface area contributed by atoms with Gasteiger partial charge in [0, 0.05) is 108 Å². The molecule has 15 rings (SSSR count). The van der Waals surface area contributed by atoms with Crippen LogP contribution in [0.25, 0.3) is 50.3 Å². The van der Waals surface area contributed by atoms with Gasteiger partial charge in [-0.05, 0) is 162 Å². The molecule has 109 heavy (non-hydrogen) atoms. The van der Waals surface area contributed by atoms with Gasteiger partial charge in [-0.15, -0.1) is 0 Å². The van der Waals surface area contributed by atoms with Crippen molar-refractivity contribution in [2.75, 3.05) is 52.8 Å². The van der Waals surface area contributed by atoms with Crippen molar-refractivity contribution in [1.29, 1.82) is 0 Å². The smallest absolute Gasteiger partial charge is 0.299 e. The number of nitrogens with zero attached hydrogens (tertiary/aromatic N) is 14. The molecular weight excluding hydrogens is 1430 g/mol. The van der Waals surface area contributed by atoms with Gasteiger partial charge >= 0.3 is 0 Å². The van der Waals surface area contributed by atoms with Gasteiger partial charge in [-0.3, -0.25) is 47.0 Å². The Balaban J connectivity index is 0.000000172. The van der Waals surface area contributed by atoms with Crippen molar-refractivity contribution in [3.05, 3.63) is 223 Å². The highest BCUT2D eigenvalue weighted by Crippen LogP contribution is 2.41. The molecule has 11 heterocycles. The molecule has 4 aromatic carbocycles. The molecule has 3 atom stereocenters. The molecule has 0 spiro atoms. The van der Waals surface area contributed by atoms with E-state index in [1.165, 1.54) is 0 Å². The Labute approximate surface area is 649 Å². The lowest BCUT2D eigenvalue weighted by molar-refractivity contribution is -0.126. The first-order valence-electron chi connectivity index (χ1n) is 34.3. The maximum absolute atomic E-state index is 12.8. The molecule has 12 aromatic rings. The van der Waals surface area contributed by atoms with Crippen LogP contribution in [-0.2, 0) is 14.4 Å². The first kappa shape index (κ1) is 78.6. The van der Waals surface area contributed by atoms with Gasteiger partial charge in [0.2, 0.25) is 0 Å². The third-order valence-corrected chi connectivity index (χ3v) is 18.4. The van der Waals surface area contributed by atoms with E-state index >= 15 is 0 Å². The van der Waals surface area contributed by atoms with E-state index in [1.54, 1.807) is 127 Å². The van der Waals surface area contributed by atoms with Crippen molar-refractivity contribution in [1.82, 2.24) is 67.8 Å². The monoisotopic (exact) mass is 1510 g/mol. The fraction of sp³-hybridized carbons (Fsp3) is 0.200. The standard InChI is InChI=1S/C27H25N7O2.C27H24N6O2.C26H23N7O2.3H2S/c1-3-7-22(35)33-14-6-8-20(33)26-32-23(24-25(28)30-13-15-34(24)26)18-10-11-19(17(2)16-18)27(36)31-21-9-4-5-12-29-21;1-2-7-22(34)32-16-6-10-21(32)26-31-23(24-25(28)29-15-17-33(24)26)18-11-13-19(14-12-18)27(35)30-20-8-4-3-5-9-20;1-2-6-21(34)32-15-5-8-20(32)25-31-22(23-24(27)29-14-16-33(23)25)17-9-11-18(12-10-17)30-26(35)19-7-3-4-13-28-19;;;/h4-5,9-13,15-16,20H,6,8,14H2,1-2H3,(H2,28,30)(H,29,31,36);3-5,8-9,11-15,17,21H,6,10,16H2,1H3,(H2,28,29)(H,30,35);3-4,7,9-14,16,20H,5,8,15H2,1H3,(H2,27,29)(H,30,35);3*1H2/t20-;21-;20-;;;/m000.../s1. The number of para-hydroxylation sites is 1. The van der Waals surface area contributed by atoms with E-state index in [0.717, 1.165) is 78.1 Å². The Bertz CT molecular complexity index is 5570. The molecule has 3 aliphatic heterocycles. The number of carbonyl (C=O) groups is 6. The van der Waals surface area contributed by atoms with Crippen LogP contribution < -0.4 is 33.2 Å². The number of rotatable bonds is 12. The van der Waals surface area contributed by atoms with E-state index in [4.69, 9.17) is 32.2 Å². The fourth-order valence-electron chi connectivity index (χ4n) is 13.5. The van der Waals surface area contributed by atoms with Gasteiger partial charge in [-0.1, -0.05) is 78.4 Å². The maximum Gasteiger partial charge on any atom is 0.299 e. The minimum absolute atomic E-state index is 0. The second kappa shape index (κ2) is 35.4. The highest BCUT2D eigenvalue weighted by molar-refractivity contribution is 7.59. The lowest BCUT2D eigenvalue weighted by Crippen LogP contribution is -2.30. The third-order valence-electron chi connectivity index (χ3n) is 18.4. The zero-order valence-electron chi connectivity index (χ0n) is 59.9. The van der Waals surface area contributed by atoms with Crippen molar-refractivity contribution in [2.45, 2.75) is 84.3 Å². The minimum Gasteiger partial charge on any atom is -0.382 e. The number of fused-ring (bicyclic) bond motifs is 3. The number of nitrogens with one attached hydrogen (secondary N) is 3. The molecule has 0 unspecified atom stereocenters. The van der Waals surface area contributed by atoms with Gasteiger partial charge in [-0.2, -0.15) is 40.5 Å². The van der Waals surface area contributed by atoms with E-state index in [-0.39, 0.29) is 94.1 Å². The molecule has 26 nitrogen and oxygen atoms in total. The number of benzene rings is 4. The number of anilines is 6. The minimum atomic E-state index is -0.289. The summed E-state index contributed by atoms with van der Waals surface area (Å²) in [4.78, 5) is 117. The highest BCUT2D eigenvalue weighted by Gasteiger charge is 2.37. The Morgan fingerprint density at radius 2 is 0.826 bits per heavy atom. The molecule has 29 heteroatoms. The lowest BCUT2D eigenvalue weighted by Gasteiger charge is -2.21. The first-order chi connectivity index (χ1) is 51.6. The molecule has 8 aromatic heterocycles. The second-order valence-corrected chi connectivity index (χ2v) is 25.0. The summed E-state index contributed by atoms with van der Waals surface area (Å²) in [5.41, 5.74) is 28.8. The lowest BCUT2D eigenvalue weighted by atomic mass is 10.0. The molecule has 0 bridgehead atoms. The van der Waals surface area contributed by atoms with E-state index in [0.29, 0.717) is 105 Å². The van der Waals surface area contributed by atoms with Crippen molar-refractivity contribution in [3.63, 3.8) is 0 Å². The normalized spacial score (nSPS) is 14.6. The van der Waals surface area contributed by atoms with Crippen molar-refractivity contribution in [2.24, 2.45) is 0 Å². The summed E-state index contributed by atoms with van der Waals surface area (Å²) >= 11 is 0. The Morgan fingerprint density at radius 3 is 1.25 bits per heavy atom. The van der Waals surface area contributed by atoms with Crippen LogP contribution in [0.2, 0.25) is 0 Å². The number of aromatic nitrogens is 11. The van der Waals surface area contributed by atoms with Crippen LogP contribution in [0.3, 0.4) is 0 Å². The fourth-order valence-corrected chi connectivity index (χ4v) is 13.5. The number of nitrogens with two attached hydrogens (primary N) is 3. The van der Waals surface area contributed by atoms with Crippen LogP contribution in [0.4, 0.5) is 34.6 Å². The topological polar surface area (TPSA) is 343 Å². The van der Waals surface area contributed by atoms with Crippen LogP contribution in [0, 0.1) is 42.4 Å². The summed E-state index contributed by atoms with van der Waals surface area (Å²) in [5, 5.41) is 8.55. The Morgan fingerprint density at radius 1 is 0.422 bits per heavy atom. The van der Waals surface area contributed by atoms with Crippen molar-refractivity contribution < 1.29 is 28.8 Å². The number of likely N-dealkylation sites (tertiary alicyclic amines) is 3. The molecule has 9 N–H and O–H groups in total. The van der Waals surface area contributed by atoms with Gasteiger partial charge < -0.3 is 47.9 Å². The van der Waals surface area contributed by atoms with Crippen LogP contribution in [0.15, 0.2) is 183 Å². The van der Waals surface area contributed by atoms with Crippen molar-refractivity contribution in [3.8, 4) is 69.3 Å². The van der Waals surface area contributed by atoms with Crippen LogP contribution >= 0.6 is 40.5 Å². The molecular formula is C80H78N20O6S3. The predicted molar refractivity (Wildman–Crippen MR) is 435 cm³/mol. The van der Waals surface area contributed by atoms with Crippen molar-refractivity contribution >= 4 is 127 Å². The van der Waals surface area contributed by atoms with Crippen LogP contribution in [-0.4, -0.2) is 123 Å². The summed E-state index contributed by atoms with van der Waals surface area (Å²) in [6, 6.07) is 39.3. The van der Waals surface area contributed by atoms with Gasteiger partial charge in [0.05, 0.1) is 18.1 Å². The molecule has 0 saturated carbocycles. The number of imidazole rings is 3. The number of aryl methyl sites for hydroxylation is 1. The highest BCUT2D eigenvalue weighted by atomic mass is 32.1. The summed E-state index contributed by atoms with van der Waals surface area (Å²) < 4.78 is 5.72. The SMILES string of the molecule is CC#CC(=O)N1CCC[C@H]1c1nc(-c2ccc(C(=O)Nc3ccccc3)cc2)c2c(N)nccn12.CC#CC(=O)N1CCC[C@H]1c1nc(-c2ccc(C(=O)Nc3ccccn3)c(C)c2)c2c(N)nccn12.CC#CC(=O)N1CCC[C@H]1c1nc(-c2ccc(NC(=O)c3ccccn3)cc2)c2c(N)nccn12.S.S.S. The average Bonchev–Trinajstić information content (AvgIpc) is 1.62. The molecule has 3 aliphatic rings. The average molecular weight is 1510 g/mol. The largest absolute Gasteiger partial charge is 0.382 e. The number of hydrogen-bond acceptors (Lipinski definition) is 17. The first-order valence-corrected chi connectivity index (χ1v) is 34.3. The quantitative estimate of drug-likeness (QED) is 0.0619. The van der Waals surface area contributed by atoms with Gasteiger partial charge in [0.1, 0.15) is 80.1 Å². The van der Waals surface area contributed by atoms with Crippen LogP contribution in [0.5, 0.6) is 0 Å². The van der Waals surface area contributed by atoms with E-state index < -0.39 is 0 Å². The number of pyridine rings is 2. The molecule has 0 aliphatic carbocycles. The second-order valence-electron chi connectivity index (χ2n) is 25.0. The predicted octanol–water partition coefficient (Wildman–Crippen LogP) is 11.2. The van der Waals surface area contributed by atoms with E-state index in [1.807, 2.05) is 112 Å². The van der Waals surface area contributed by atoms with Gasteiger partial charge in [-0.25, -0.2) is 34.9 Å². The number of amides is 6. The van der Waals surface area contributed by atoms with Crippen LogP contribution in [0.1, 0.15) is 132 Å². The Kier molecular flexibility index (Phi) is 25.5. The summed E-state index contributed by atoms with van der Waals surface area (Å²) in [7, 11) is 0.